The molecule has 0 radical (unpaired) electrons. The number of anilines is 1. The zero-order chi connectivity index (χ0) is 17.0. The second kappa shape index (κ2) is 5.86. The number of Topliss-reactive ketones (excluding diaryl/α,β-unsaturated/α-hetero) is 1. The van der Waals surface area contributed by atoms with Crippen molar-refractivity contribution in [3.63, 3.8) is 0 Å². The predicted octanol–water partition coefficient (Wildman–Crippen LogP) is 4.32. The predicted molar refractivity (Wildman–Crippen MR) is 97.7 cm³/mol. The summed E-state index contributed by atoms with van der Waals surface area (Å²) in [4.78, 5) is 19.7. The molecule has 0 amide bonds. The molecule has 2 aromatic rings. The second-order valence-electron chi connectivity index (χ2n) is 7.40. The molecule has 0 spiro atoms. The summed E-state index contributed by atoms with van der Waals surface area (Å²) in [6.07, 6.45) is 2.14. The first-order chi connectivity index (χ1) is 12.2. The van der Waals surface area contributed by atoms with E-state index in [0.717, 1.165) is 24.1 Å². The van der Waals surface area contributed by atoms with E-state index in [1.807, 2.05) is 65.7 Å². The quantitative estimate of drug-likeness (QED) is 0.608. The molecule has 0 unspecified atom stereocenters. The first-order valence-corrected chi connectivity index (χ1v) is 9.42. The van der Waals surface area contributed by atoms with Crippen LogP contribution < -0.4 is 5.06 Å². The molecule has 2 aromatic carbocycles. The van der Waals surface area contributed by atoms with Gasteiger partial charge in [-0.1, -0.05) is 48.5 Å². The van der Waals surface area contributed by atoms with Crippen LogP contribution in [0.5, 0.6) is 0 Å². The van der Waals surface area contributed by atoms with Gasteiger partial charge in [0.25, 0.3) is 0 Å². The molecule has 25 heavy (non-hydrogen) atoms. The number of hydrogen-bond acceptors (Lipinski definition) is 3. The van der Waals surface area contributed by atoms with Gasteiger partial charge in [0.15, 0.2) is 5.78 Å². The molecule has 3 fully saturated rings. The third kappa shape index (κ3) is 2.33. The molecule has 2 aliphatic carbocycles. The Morgan fingerprint density at radius 1 is 1.00 bits per heavy atom. The van der Waals surface area contributed by atoms with E-state index >= 15 is 0 Å². The molecule has 1 heterocycles. The molecule has 0 aromatic heterocycles. The normalized spacial score (nSPS) is 35.8. The van der Waals surface area contributed by atoms with Gasteiger partial charge in [0, 0.05) is 22.8 Å². The standard InChI is InChI=1S/C21H20ClNO2/c22-17-12-14-11-16(17)21-18(14)19(20(24)13-7-3-1-4-8-13)23(25-21)15-9-5-2-6-10-15/h1-10,14,16-19,21H,11-12H2/t14-,16-,17-,18+,19+,21-/m1/s1. The van der Waals surface area contributed by atoms with Crippen molar-refractivity contribution in [3.05, 3.63) is 66.2 Å². The van der Waals surface area contributed by atoms with Crippen LogP contribution in [0.2, 0.25) is 0 Å². The minimum absolute atomic E-state index is 0.0547. The molecule has 2 saturated carbocycles. The van der Waals surface area contributed by atoms with E-state index in [4.69, 9.17) is 16.4 Å². The zero-order valence-corrected chi connectivity index (χ0v) is 14.5. The lowest BCUT2D eigenvalue weighted by molar-refractivity contribution is 0.0371. The Labute approximate surface area is 152 Å². The number of para-hydroxylation sites is 1. The number of hydroxylamine groups is 1. The monoisotopic (exact) mass is 353 g/mol. The van der Waals surface area contributed by atoms with Crippen LogP contribution in [0.3, 0.4) is 0 Å². The number of alkyl halides is 1. The number of nitrogens with zero attached hydrogens (tertiary/aromatic N) is 1. The minimum Gasteiger partial charge on any atom is -0.292 e. The molecule has 1 saturated heterocycles. The molecule has 3 nitrogen and oxygen atoms in total. The number of ketones is 1. The Hall–Kier alpha value is -1.84. The van der Waals surface area contributed by atoms with Crippen LogP contribution in [0.4, 0.5) is 5.69 Å². The van der Waals surface area contributed by atoms with Gasteiger partial charge in [-0.05, 0) is 30.9 Å². The van der Waals surface area contributed by atoms with Crippen LogP contribution in [0.25, 0.3) is 0 Å². The van der Waals surface area contributed by atoms with Crippen molar-refractivity contribution >= 4 is 23.1 Å². The highest BCUT2D eigenvalue weighted by molar-refractivity contribution is 6.21. The maximum Gasteiger partial charge on any atom is 0.188 e. The van der Waals surface area contributed by atoms with Crippen molar-refractivity contribution < 1.29 is 9.63 Å². The smallest absolute Gasteiger partial charge is 0.188 e. The molecule has 1 aliphatic heterocycles. The van der Waals surface area contributed by atoms with Crippen LogP contribution >= 0.6 is 11.6 Å². The lowest BCUT2D eigenvalue weighted by atomic mass is 9.79. The summed E-state index contributed by atoms with van der Waals surface area (Å²) in [7, 11) is 0. The Balaban J connectivity index is 1.56. The van der Waals surface area contributed by atoms with Crippen molar-refractivity contribution in [3.8, 4) is 0 Å². The molecular weight excluding hydrogens is 334 g/mol. The average molecular weight is 354 g/mol. The maximum absolute atomic E-state index is 13.4. The van der Waals surface area contributed by atoms with E-state index in [9.17, 15) is 4.79 Å². The number of fused-ring (bicyclic) bond motifs is 5. The van der Waals surface area contributed by atoms with Crippen molar-refractivity contribution in [1.82, 2.24) is 0 Å². The van der Waals surface area contributed by atoms with E-state index in [1.54, 1.807) is 0 Å². The fraction of sp³-hybridized carbons (Fsp3) is 0.381. The van der Waals surface area contributed by atoms with Crippen LogP contribution in [0.1, 0.15) is 23.2 Å². The SMILES string of the molecule is O=C(c1ccccc1)[C@@H]1[C@@H]2[C@@H]3C[C@@H]([C@H]2ON1c1ccccc1)[C@H](Cl)C3. The van der Waals surface area contributed by atoms with Gasteiger partial charge in [0.2, 0.25) is 0 Å². The molecule has 6 atom stereocenters. The summed E-state index contributed by atoms with van der Waals surface area (Å²) in [6.45, 7) is 0. The highest BCUT2D eigenvalue weighted by Crippen LogP contribution is 2.57. The summed E-state index contributed by atoms with van der Waals surface area (Å²) in [5, 5.41) is 2.04. The number of rotatable bonds is 3. The summed E-state index contributed by atoms with van der Waals surface area (Å²) in [5.41, 5.74) is 1.69. The molecule has 4 heteroatoms. The van der Waals surface area contributed by atoms with Crippen LogP contribution in [0, 0.1) is 17.8 Å². The lowest BCUT2D eigenvalue weighted by Gasteiger charge is -2.28. The number of benzene rings is 2. The maximum atomic E-state index is 13.4. The largest absolute Gasteiger partial charge is 0.292 e. The number of hydrogen-bond donors (Lipinski definition) is 0. The Bertz CT molecular complexity index is 781. The molecular formula is C21H20ClNO2. The van der Waals surface area contributed by atoms with E-state index in [-0.39, 0.29) is 29.2 Å². The Kier molecular flexibility index (Phi) is 3.61. The lowest BCUT2D eigenvalue weighted by Crippen LogP contribution is -2.42. The Morgan fingerprint density at radius 3 is 2.40 bits per heavy atom. The van der Waals surface area contributed by atoms with Gasteiger partial charge < -0.3 is 0 Å². The fourth-order valence-corrected chi connectivity index (χ4v) is 5.53. The topological polar surface area (TPSA) is 29.5 Å². The highest BCUT2D eigenvalue weighted by atomic mass is 35.5. The van der Waals surface area contributed by atoms with Crippen molar-refractivity contribution in [2.24, 2.45) is 17.8 Å². The third-order valence-corrected chi connectivity index (χ3v) is 6.61. The minimum atomic E-state index is -0.269. The van der Waals surface area contributed by atoms with Gasteiger partial charge >= 0.3 is 0 Å². The molecule has 0 N–H and O–H groups in total. The first kappa shape index (κ1) is 15.4. The summed E-state index contributed by atoms with van der Waals surface area (Å²) in [5.74, 6) is 1.21. The van der Waals surface area contributed by atoms with Crippen LogP contribution in [-0.2, 0) is 4.84 Å². The molecule has 128 valence electrons. The van der Waals surface area contributed by atoms with Crippen molar-refractivity contribution in [2.75, 3.05) is 5.06 Å². The van der Waals surface area contributed by atoms with Crippen molar-refractivity contribution in [1.29, 1.82) is 0 Å². The molecule has 2 bridgehead atoms. The summed E-state index contributed by atoms with van der Waals surface area (Å²) >= 11 is 6.53. The fourth-order valence-electron chi connectivity index (χ4n) is 5.06. The van der Waals surface area contributed by atoms with E-state index in [0.29, 0.717) is 11.8 Å². The summed E-state index contributed by atoms with van der Waals surface area (Å²) < 4.78 is 0. The van der Waals surface area contributed by atoms with Gasteiger partial charge in [-0.2, -0.15) is 0 Å². The first-order valence-electron chi connectivity index (χ1n) is 8.98. The van der Waals surface area contributed by atoms with E-state index < -0.39 is 0 Å². The summed E-state index contributed by atoms with van der Waals surface area (Å²) in [6, 6.07) is 19.3. The Morgan fingerprint density at radius 2 is 1.68 bits per heavy atom. The third-order valence-electron chi connectivity index (χ3n) is 6.10. The number of carbonyl (C=O) groups excluding carboxylic acids is 1. The van der Waals surface area contributed by atoms with Gasteiger partial charge in [-0.3, -0.25) is 9.63 Å². The van der Waals surface area contributed by atoms with Crippen LogP contribution in [0.15, 0.2) is 60.7 Å². The van der Waals surface area contributed by atoms with Gasteiger partial charge in [0.1, 0.15) is 6.04 Å². The van der Waals surface area contributed by atoms with Crippen molar-refractivity contribution in [2.45, 2.75) is 30.4 Å². The number of carbonyl (C=O) groups is 1. The van der Waals surface area contributed by atoms with Gasteiger partial charge in [0.05, 0.1) is 11.8 Å². The average Bonchev–Trinajstić information content (AvgIpc) is 3.32. The number of halogens is 1. The van der Waals surface area contributed by atoms with Crippen LogP contribution in [-0.4, -0.2) is 23.3 Å². The van der Waals surface area contributed by atoms with E-state index in [1.165, 1.54) is 0 Å². The molecule has 3 aliphatic rings. The molecule has 5 rings (SSSR count). The highest BCUT2D eigenvalue weighted by Gasteiger charge is 2.62. The van der Waals surface area contributed by atoms with E-state index in [2.05, 4.69) is 0 Å². The zero-order valence-electron chi connectivity index (χ0n) is 13.8. The van der Waals surface area contributed by atoms with Gasteiger partial charge in [-0.15, -0.1) is 11.6 Å². The van der Waals surface area contributed by atoms with Gasteiger partial charge in [-0.25, -0.2) is 5.06 Å². The second-order valence-corrected chi connectivity index (χ2v) is 7.96.